The summed E-state index contributed by atoms with van der Waals surface area (Å²) in [6, 6.07) is 5.99. The maximum Gasteiger partial charge on any atom is 0.231 e. The summed E-state index contributed by atoms with van der Waals surface area (Å²) in [4.78, 5) is 13.5. The van der Waals surface area contributed by atoms with E-state index in [1.807, 2.05) is 25.1 Å². The number of aromatic amines is 1. The standard InChI is InChI=1S/C17H19N5O2/c1-17(8-14(23)22(2)16(18)19-17)11-3-4-13-12(7-11)15(21-20-13)10-5-6-24-9-10/h3-4,7,9H,5-6,8H2,1-2H3,(H2,18,19)(H,20,21)/t17-/m0/s1. The number of benzene rings is 1. The van der Waals surface area contributed by atoms with Crippen molar-refractivity contribution in [2.45, 2.75) is 25.3 Å². The number of fused-ring (bicyclic) bond motifs is 1. The highest BCUT2D eigenvalue weighted by molar-refractivity contribution is 5.99. The molecule has 0 radical (unpaired) electrons. The first-order chi connectivity index (χ1) is 11.5. The number of nitrogens with zero attached hydrogens (tertiary/aromatic N) is 2. The van der Waals surface area contributed by atoms with Crippen molar-refractivity contribution in [1.82, 2.24) is 20.4 Å². The van der Waals surface area contributed by atoms with Crippen LogP contribution in [0.4, 0.5) is 0 Å². The lowest BCUT2D eigenvalue weighted by Crippen LogP contribution is -2.58. The molecule has 24 heavy (non-hydrogen) atoms. The molecule has 1 aromatic heterocycles. The van der Waals surface area contributed by atoms with Gasteiger partial charge in [-0.3, -0.25) is 20.2 Å². The predicted molar refractivity (Wildman–Crippen MR) is 90.2 cm³/mol. The maximum absolute atomic E-state index is 12.2. The molecule has 2 aromatic rings. The summed E-state index contributed by atoms with van der Waals surface area (Å²) in [6.07, 6.45) is 2.90. The molecule has 4 rings (SSSR count). The summed E-state index contributed by atoms with van der Waals surface area (Å²) in [6.45, 7) is 2.63. The molecule has 0 saturated carbocycles. The largest absolute Gasteiger partial charge is 0.500 e. The van der Waals surface area contributed by atoms with Crippen molar-refractivity contribution in [1.29, 1.82) is 5.41 Å². The molecule has 124 valence electrons. The van der Waals surface area contributed by atoms with E-state index in [1.54, 1.807) is 13.3 Å². The minimum atomic E-state index is -0.607. The second-order valence-electron chi connectivity index (χ2n) is 6.53. The Bertz CT molecular complexity index is 864. The SMILES string of the molecule is CN1C(=N)N[C@](C)(c2ccc3[nH]nc(C4=COCC4)c3c2)CC1=O. The van der Waals surface area contributed by atoms with E-state index in [9.17, 15) is 4.79 Å². The average Bonchev–Trinajstić information content (AvgIpc) is 3.20. The second kappa shape index (κ2) is 5.09. The van der Waals surface area contributed by atoms with Crippen LogP contribution >= 0.6 is 0 Å². The van der Waals surface area contributed by atoms with Gasteiger partial charge in [-0.15, -0.1) is 0 Å². The van der Waals surface area contributed by atoms with E-state index in [0.29, 0.717) is 13.0 Å². The van der Waals surface area contributed by atoms with Crippen molar-refractivity contribution in [3.8, 4) is 0 Å². The fraction of sp³-hybridized carbons (Fsp3) is 0.353. The van der Waals surface area contributed by atoms with Crippen LogP contribution in [-0.2, 0) is 15.1 Å². The van der Waals surface area contributed by atoms with Crippen LogP contribution in [0.3, 0.4) is 0 Å². The molecule has 0 unspecified atom stereocenters. The van der Waals surface area contributed by atoms with E-state index in [0.717, 1.165) is 34.2 Å². The van der Waals surface area contributed by atoms with Gasteiger partial charge in [0.2, 0.25) is 5.91 Å². The van der Waals surface area contributed by atoms with Crippen LogP contribution in [0.25, 0.3) is 16.5 Å². The molecule has 0 aliphatic carbocycles. The van der Waals surface area contributed by atoms with Crippen molar-refractivity contribution in [3.05, 3.63) is 35.7 Å². The molecule has 1 aromatic carbocycles. The van der Waals surface area contributed by atoms with Crippen LogP contribution in [0.2, 0.25) is 0 Å². The number of nitrogens with one attached hydrogen (secondary N) is 3. The monoisotopic (exact) mass is 325 g/mol. The highest BCUT2D eigenvalue weighted by Gasteiger charge is 2.38. The van der Waals surface area contributed by atoms with Gasteiger partial charge in [0.1, 0.15) is 0 Å². The third kappa shape index (κ3) is 2.16. The quantitative estimate of drug-likeness (QED) is 0.786. The molecule has 1 saturated heterocycles. The summed E-state index contributed by atoms with van der Waals surface area (Å²) in [5.41, 5.74) is 3.26. The van der Waals surface area contributed by atoms with Crippen molar-refractivity contribution < 1.29 is 9.53 Å². The minimum absolute atomic E-state index is 0.0688. The first kappa shape index (κ1) is 14.7. The zero-order chi connectivity index (χ0) is 16.9. The maximum atomic E-state index is 12.2. The summed E-state index contributed by atoms with van der Waals surface area (Å²) < 4.78 is 5.33. The predicted octanol–water partition coefficient (Wildman–Crippen LogP) is 1.93. The fourth-order valence-corrected chi connectivity index (χ4v) is 3.27. The Hall–Kier alpha value is -2.83. The topological polar surface area (TPSA) is 94.1 Å². The van der Waals surface area contributed by atoms with Gasteiger partial charge in [-0.1, -0.05) is 6.07 Å². The van der Waals surface area contributed by atoms with E-state index in [4.69, 9.17) is 10.1 Å². The molecule has 3 heterocycles. The third-order valence-corrected chi connectivity index (χ3v) is 4.83. The number of rotatable bonds is 2. The molecular weight excluding hydrogens is 306 g/mol. The van der Waals surface area contributed by atoms with Crippen LogP contribution in [0.15, 0.2) is 24.5 Å². The van der Waals surface area contributed by atoms with Gasteiger partial charge < -0.3 is 10.1 Å². The molecular formula is C17H19N5O2. The zero-order valence-corrected chi connectivity index (χ0v) is 13.6. The number of carbonyl (C=O) groups excluding carboxylic acids is 1. The minimum Gasteiger partial charge on any atom is -0.500 e. The molecule has 2 aliphatic heterocycles. The zero-order valence-electron chi connectivity index (χ0n) is 13.6. The lowest BCUT2D eigenvalue weighted by atomic mass is 9.85. The first-order valence-corrected chi connectivity index (χ1v) is 7.91. The number of amides is 1. The van der Waals surface area contributed by atoms with Crippen molar-refractivity contribution >= 4 is 28.3 Å². The van der Waals surface area contributed by atoms with Gasteiger partial charge in [0.05, 0.1) is 36.0 Å². The van der Waals surface area contributed by atoms with Crippen LogP contribution in [0.5, 0.6) is 0 Å². The molecule has 7 nitrogen and oxygen atoms in total. The molecule has 2 aliphatic rings. The Morgan fingerprint density at radius 1 is 1.42 bits per heavy atom. The Balaban J connectivity index is 1.78. The molecule has 0 spiro atoms. The molecule has 7 heteroatoms. The molecule has 0 bridgehead atoms. The summed E-state index contributed by atoms with van der Waals surface area (Å²) >= 11 is 0. The van der Waals surface area contributed by atoms with Crippen LogP contribution in [0.1, 0.15) is 31.0 Å². The fourth-order valence-electron chi connectivity index (χ4n) is 3.27. The summed E-state index contributed by atoms with van der Waals surface area (Å²) in [5, 5.41) is 19.6. The number of ether oxygens (including phenoxy) is 1. The van der Waals surface area contributed by atoms with Crippen LogP contribution < -0.4 is 5.32 Å². The van der Waals surface area contributed by atoms with Gasteiger partial charge in [-0.05, 0) is 24.6 Å². The summed E-state index contributed by atoms with van der Waals surface area (Å²) in [5.74, 6) is 0.0498. The van der Waals surface area contributed by atoms with Gasteiger partial charge >= 0.3 is 0 Å². The van der Waals surface area contributed by atoms with E-state index in [-0.39, 0.29) is 11.9 Å². The Morgan fingerprint density at radius 3 is 2.96 bits per heavy atom. The van der Waals surface area contributed by atoms with Crippen molar-refractivity contribution in [2.24, 2.45) is 0 Å². The Labute approximate surface area is 139 Å². The number of aromatic nitrogens is 2. The highest BCUT2D eigenvalue weighted by atomic mass is 16.5. The van der Waals surface area contributed by atoms with Crippen molar-refractivity contribution in [3.63, 3.8) is 0 Å². The third-order valence-electron chi connectivity index (χ3n) is 4.83. The van der Waals surface area contributed by atoms with Gasteiger partial charge in [0.25, 0.3) is 0 Å². The second-order valence-corrected chi connectivity index (χ2v) is 6.53. The van der Waals surface area contributed by atoms with Gasteiger partial charge in [0.15, 0.2) is 5.96 Å². The van der Waals surface area contributed by atoms with E-state index in [2.05, 4.69) is 15.5 Å². The van der Waals surface area contributed by atoms with E-state index >= 15 is 0 Å². The van der Waals surface area contributed by atoms with Crippen LogP contribution in [-0.4, -0.2) is 40.6 Å². The lowest BCUT2D eigenvalue weighted by Gasteiger charge is -2.39. The van der Waals surface area contributed by atoms with Gasteiger partial charge in [-0.2, -0.15) is 5.10 Å². The Kier molecular flexibility index (Phi) is 3.13. The first-order valence-electron chi connectivity index (χ1n) is 7.91. The molecule has 3 N–H and O–H groups in total. The number of H-pyrrole nitrogens is 1. The number of hydrogen-bond donors (Lipinski definition) is 3. The Morgan fingerprint density at radius 2 is 2.25 bits per heavy atom. The molecule has 1 amide bonds. The van der Waals surface area contributed by atoms with Gasteiger partial charge in [0, 0.05) is 24.4 Å². The van der Waals surface area contributed by atoms with Gasteiger partial charge in [-0.25, -0.2) is 0 Å². The molecule has 1 fully saturated rings. The number of carbonyl (C=O) groups is 1. The highest BCUT2D eigenvalue weighted by Crippen LogP contribution is 2.33. The average molecular weight is 325 g/mol. The van der Waals surface area contributed by atoms with E-state index in [1.165, 1.54) is 4.90 Å². The molecule has 1 atom stereocenters. The van der Waals surface area contributed by atoms with Crippen molar-refractivity contribution in [2.75, 3.05) is 13.7 Å². The van der Waals surface area contributed by atoms with E-state index < -0.39 is 5.54 Å². The number of guanidine groups is 1. The summed E-state index contributed by atoms with van der Waals surface area (Å²) in [7, 11) is 1.61. The normalized spacial score (nSPS) is 24.1. The lowest BCUT2D eigenvalue weighted by molar-refractivity contribution is -0.129. The number of hydrogen-bond acceptors (Lipinski definition) is 4. The smallest absolute Gasteiger partial charge is 0.231 e. The van der Waals surface area contributed by atoms with Crippen LogP contribution in [0, 0.1) is 5.41 Å².